The number of amides is 1. The Hall–Kier alpha value is -2.93. The number of ketones is 1. The average molecular weight is 381 g/mol. The highest BCUT2D eigenvalue weighted by molar-refractivity contribution is 7.99. The van der Waals surface area contributed by atoms with Gasteiger partial charge in [0, 0.05) is 23.2 Å². The van der Waals surface area contributed by atoms with Crippen LogP contribution in [-0.4, -0.2) is 27.6 Å². The molecule has 1 amide bonds. The lowest BCUT2D eigenvalue weighted by Gasteiger charge is -2.04. The Bertz CT molecular complexity index is 951. The molecule has 0 radical (unpaired) electrons. The van der Waals surface area contributed by atoms with Crippen LogP contribution in [0.25, 0.3) is 11.5 Å². The number of hydrogen-bond acceptors (Lipinski definition) is 6. The number of aromatic nitrogens is 2. The van der Waals surface area contributed by atoms with Crippen molar-refractivity contribution < 1.29 is 14.0 Å². The van der Waals surface area contributed by atoms with Gasteiger partial charge in [0.05, 0.1) is 5.75 Å². The molecule has 27 heavy (non-hydrogen) atoms. The van der Waals surface area contributed by atoms with E-state index in [2.05, 4.69) is 15.5 Å². The first kappa shape index (κ1) is 18.8. The molecule has 0 bridgehead atoms. The maximum atomic E-state index is 12.3. The van der Waals surface area contributed by atoms with Crippen molar-refractivity contribution in [1.29, 1.82) is 0 Å². The van der Waals surface area contributed by atoms with Crippen LogP contribution >= 0.6 is 11.8 Å². The van der Waals surface area contributed by atoms with Crippen molar-refractivity contribution in [3.8, 4) is 11.5 Å². The molecule has 0 aliphatic carbocycles. The van der Waals surface area contributed by atoms with Gasteiger partial charge in [0.1, 0.15) is 0 Å². The van der Waals surface area contributed by atoms with Gasteiger partial charge in [0.25, 0.3) is 5.22 Å². The lowest BCUT2D eigenvalue weighted by atomic mass is 10.1. The fourth-order valence-electron chi connectivity index (χ4n) is 2.36. The van der Waals surface area contributed by atoms with Crippen LogP contribution in [0.1, 0.15) is 29.3 Å². The predicted molar refractivity (Wildman–Crippen MR) is 105 cm³/mol. The van der Waals surface area contributed by atoms with Crippen molar-refractivity contribution in [1.82, 2.24) is 10.2 Å². The van der Waals surface area contributed by atoms with Gasteiger partial charge in [-0.05, 0) is 43.3 Å². The summed E-state index contributed by atoms with van der Waals surface area (Å²) in [6.07, 6.45) is 0.409. The predicted octanol–water partition coefficient (Wildman–Crippen LogP) is 4.37. The zero-order valence-corrected chi connectivity index (χ0v) is 15.9. The zero-order valence-electron chi connectivity index (χ0n) is 15.1. The molecule has 7 heteroatoms. The molecule has 2 aromatic carbocycles. The molecule has 1 N–H and O–H groups in total. The molecule has 1 aromatic heterocycles. The number of aryl methyl sites for hydroxylation is 1. The van der Waals surface area contributed by atoms with E-state index in [9.17, 15) is 9.59 Å². The Labute approximate surface area is 161 Å². The van der Waals surface area contributed by atoms with E-state index < -0.39 is 0 Å². The molecule has 0 saturated carbocycles. The molecule has 0 saturated heterocycles. The van der Waals surface area contributed by atoms with Gasteiger partial charge >= 0.3 is 0 Å². The van der Waals surface area contributed by atoms with Crippen molar-refractivity contribution >= 4 is 29.1 Å². The number of Topliss-reactive ketones (excluding diaryl/α,β-unsaturated/α-hetero) is 1. The zero-order chi connectivity index (χ0) is 19.2. The standard InChI is InChI=1S/C20H19N3O3S/c1-3-18(25)21-16-9-7-14(8-10-16)17(24)12-27-20-23-22-19(26-20)15-6-4-5-13(2)11-15/h4-11H,3,12H2,1-2H3,(H,21,25). The summed E-state index contributed by atoms with van der Waals surface area (Å²) in [7, 11) is 0. The minimum absolute atomic E-state index is 0.0522. The number of rotatable bonds is 7. The normalized spacial score (nSPS) is 10.6. The largest absolute Gasteiger partial charge is 0.411 e. The first-order valence-corrected chi connectivity index (χ1v) is 9.50. The Morgan fingerprint density at radius 1 is 1.11 bits per heavy atom. The summed E-state index contributed by atoms with van der Waals surface area (Å²) in [5.74, 6) is 0.509. The number of hydrogen-bond donors (Lipinski definition) is 1. The number of nitrogens with zero attached hydrogens (tertiary/aromatic N) is 2. The van der Waals surface area contributed by atoms with E-state index in [1.807, 2.05) is 31.2 Å². The summed E-state index contributed by atoms with van der Waals surface area (Å²) in [5.41, 5.74) is 3.19. The van der Waals surface area contributed by atoms with Crippen molar-refractivity contribution in [3.05, 3.63) is 59.7 Å². The summed E-state index contributed by atoms with van der Waals surface area (Å²) in [6, 6.07) is 14.6. The third-order valence-electron chi connectivity index (χ3n) is 3.81. The van der Waals surface area contributed by atoms with Crippen molar-refractivity contribution in [2.75, 3.05) is 11.1 Å². The van der Waals surface area contributed by atoms with Gasteiger partial charge in [-0.2, -0.15) is 0 Å². The van der Waals surface area contributed by atoms with Gasteiger partial charge in [-0.3, -0.25) is 9.59 Å². The highest BCUT2D eigenvalue weighted by Gasteiger charge is 2.13. The lowest BCUT2D eigenvalue weighted by molar-refractivity contribution is -0.115. The van der Waals surface area contributed by atoms with Gasteiger partial charge in [-0.15, -0.1) is 10.2 Å². The van der Waals surface area contributed by atoms with Crippen molar-refractivity contribution in [2.24, 2.45) is 0 Å². The summed E-state index contributed by atoms with van der Waals surface area (Å²) in [4.78, 5) is 23.7. The highest BCUT2D eigenvalue weighted by atomic mass is 32.2. The second kappa shape index (κ2) is 8.64. The highest BCUT2D eigenvalue weighted by Crippen LogP contribution is 2.24. The number of carbonyl (C=O) groups excluding carboxylic acids is 2. The quantitative estimate of drug-likeness (QED) is 0.483. The Balaban J connectivity index is 1.58. The summed E-state index contributed by atoms with van der Waals surface area (Å²) in [5, 5.41) is 11.1. The van der Waals surface area contributed by atoms with Crippen LogP contribution in [-0.2, 0) is 4.79 Å². The molecule has 0 spiro atoms. The Morgan fingerprint density at radius 2 is 1.89 bits per heavy atom. The molecular weight excluding hydrogens is 362 g/mol. The average Bonchev–Trinajstić information content (AvgIpc) is 3.15. The maximum absolute atomic E-state index is 12.3. The minimum atomic E-state index is -0.0644. The number of nitrogens with one attached hydrogen (secondary N) is 1. The molecule has 6 nitrogen and oxygen atoms in total. The molecule has 0 aliphatic rings. The van der Waals surface area contributed by atoms with Crippen LogP contribution in [0.15, 0.2) is 58.2 Å². The Morgan fingerprint density at radius 3 is 2.59 bits per heavy atom. The molecule has 0 unspecified atom stereocenters. The van der Waals surface area contributed by atoms with Gasteiger partial charge in [0.15, 0.2) is 5.78 Å². The molecular formula is C20H19N3O3S. The fourth-order valence-corrected chi connectivity index (χ4v) is 3.02. The summed E-state index contributed by atoms with van der Waals surface area (Å²) in [6.45, 7) is 3.78. The number of carbonyl (C=O) groups is 2. The van der Waals surface area contributed by atoms with Gasteiger partial charge in [0.2, 0.25) is 11.8 Å². The van der Waals surface area contributed by atoms with Crippen LogP contribution in [0, 0.1) is 6.92 Å². The van der Waals surface area contributed by atoms with Crippen LogP contribution in [0.5, 0.6) is 0 Å². The van der Waals surface area contributed by atoms with Crippen LogP contribution in [0.2, 0.25) is 0 Å². The van der Waals surface area contributed by atoms with Crippen LogP contribution in [0.4, 0.5) is 5.69 Å². The third-order valence-corrected chi connectivity index (χ3v) is 4.63. The van der Waals surface area contributed by atoms with E-state index in [4.69, 9.17) is 4.42 Å². The number of anilines is 1. The van der Waals surface area contributed by atoms with E-state index in [1.165, 1.54) is 11.8 Å². The van der Waals surface area contributed by atoms with Gasteiger partial charge in [-0.25, -0.2) is 0 Å². The van der Waals surface area contributed by atoms with E-state index in [-0.39, 0.29) is 17.4 Å². The smallest absolute Gasteiger partial charge is 0.277 e. The molecule has 138 valence electrons. The van der Waals surface area contributed by atoms with Gasteiger partial charge in [-0.1, -0.05) is 36.4 Å². The second-order valence-electron chi connectivity index (χ2n) is 5.93. The third kappa shape index (κ3) is 5.04. The monoisotopic (exact) mass is 381 g/mol. The van der Waals surface area contributed by atoms with E-state index in [1.54, 1.807) is 31.2 Å². The second-order valence-corrected chi connectivity index (χ2v) is 6.86. The minimum Gasteiger partial charge on any atom is -0.411 e. The first-order valence-electron chi connectivity index (χ1n) is 8.51. The molecule has 0 aliphatic heterocycles. The van der Waals surface area contributed by atoms with E-state index in [0.29, 0.717) is 28.8 Å². The van der Waals surface area contributed by atoms with Crippen LogP contribution < -0.4 is 5.32 Å². The molecule has 3 rings (SSSR count). The fraction of sp³-hybridized carbons (Fsp3) is 0.200. The Kier molecular flexibility index (Phi) is 6.03. The van der Waals surface area contributed by atoms with Gasteiger partial charge < -0.3 is 9.73 Å². The van der Waals surface area contributed by atoms with Crippen molar-refractivity contribution in [3.63, 3.8) is 0 Å². The van der Waals surface area contributed by atoms with Crippen molar-refractivity contribution in [2.45, 2.75) is 25.5 Å². The van der Waals surface area contributed by atoms with E-state index >= 15 is 0 Å². The number of thioether (sulfide) groups is 1. The summed E-state index contributed by atoms with van der Waals surface area (Å²) >= 11 is 1.20. The maximum Gasteiger partial charge on any atom is 0.277 e. The van der Waals surface area contributed by atoms with Crippen LogP contribution in [0.3, 0.4) is 0 Å². The molecule has 0 atom stereocenters. The lowest BCUT2D eigenvalue weighted by Crippen LogP contribution is -2.09. The first-order chi connectivity index (χ1) is 13.0. The summed E-state index contributed by atoms with van der Waals surface area (Å²) < 4.78 is 5.63. The topological polar surface area (TPSA) is 85.1 Å². The number of benzene rings is 2. The molecule has 3 aromatic rings. The molecule has 1 heterocycles. The SMILES string of the molecule is CCC(=O)Nc1ccc(C(=O)CSc2nnc(-c3cccc(C)c3)o2)cc1. The molecule has 0 fully saturated rings. The van der Waals surface area contributed by atoms with E-state index in [0.717, 1.165) is 11.1 Å².